The Morgan fingerprint density at radius 3 is 1.96 bits per heavy atom. The van der Waals surface area contributed by atoms with Gasteiger partial charge in [-0.05, 0) is 95.7 Å². The highest BCUT2D eigenvalue weighted by molar-refractivity contribution is 7.26. The van der Waals surface area contributed by atoms with Crippen LogP contribution in [0.3, 0.4) is 0 Å². The van der Waals surface area contributed by atoms with Gasteiger partial charge < -0.3 is 4.74 Å². The number of allylic oxidation sites excluding steroid dienone is 4. The van der Waals surface area contributed by atoms with Gasteiger partial charge >= 0.3 is 0 Å². The zero-order valence-electron chi connectivity index (χ0n) is 29.3. The van der Waals surface area contributed by atoms with Crippen LogP contribution < -0.4 is 4.74 Å². The van der Waals surface area contributed by atoms with Crippen molar-refractivity contribution >= 4 is 80.2 Å². The molecule has 0 radical (unpaired) electrons. The van der Waals surface area contributed by atoms with Gasteiger partial charge in [-0.25, -0.2) is 0 Å². The van der Waals surface area contributed by atoms with Gasteiger partial charge in [0.1, 0.15) is 11.5 Å². The predicted octanol–water partition coefficient (Wildman–Crippen LogP) is 14.8. The molecular weight excluding hydrogens is 673 g/mol. The molecule has 1 atom stereocenters. The Hall–Kier alpha value is -6.48. The number of ether oxygens (including phenoxy) is 1. The molecule has 1 nitrogen and oxygen atoms in total. The molecule has 54 heavy (non-hydrogen) atoms. The van der Waals surface area contributed by atoms with E-state index in [1.54, 1.807) is 0 Å². The molecule has 0 bridgehead atoms. The van der Waals surface area contributed by atoms with Crippen LogP contribution in [0.15, 0.2) is 182 Å². The first-order chi connectivity index (χ1) is 26.8. The lowest BCUT2D eigenvalue weighted by Gasteiger charge is -2.20. The van der Waals surface area contributed by atoms with Gasteiger partial charge in [0, 0.05) is 37.0 Å². The first-order valence-electron chi connectivity index (χ1n) is 18.8. The lowest BCUT2D eigenvalue weighted by molar-refractivity contribution is 0.430. The summed E-state index contributed by atoms with van der Waals surface area (Å²) in [5.74, 6) is 2.32. The quantitative estimate of drug-likeness (QED) is 0.166. The molecule has 0 fully saturated rings. The normalized spacial score (nSPS) is 15.1. The molecule has 2 heterocycles. The summed E-state index contributed by atoms with van der Waals surface area (Å²) in [6.45, 7) is 0. The number of hydrogen-bond acceptors (Lipinski definition) is 2. The van der Waals surface area contributed by atoms with Gasteiger partial charge in [-0.15, -0.1) is 11.3 Å². The number of hydrogen-bond donors (Lipinski definition) is 0. The van der Waals surface area contributed by atoms with Gasteiger partial charge in [0.15, 0.2) is 0 Å². The van der Waals surface area contributed by atoms with Gasteiger partial charge in [-0.1, -0.05) is 158 Å². The Morgan fingerprint density at radius 1 is 0.500 bits per heavy atom. The van der Waals surface area contributed by atoms with Crippen molar-refractivity contribution in [3.05, 3.63) is 193 Å². The maximum Gasteiger partial charge on any atom is 0.140 e. The summed E-state index contributed by atoms with van der Waals surface area (Å²) in [5, 5.41) is 12.7. The predicted molar refractivity (Wildman–Crippen MR) is 231 cm³/mol. The lowest BCUT2D eigenvalue weighted by Crippen LogP contribution is -2.03. The summed E-state index contributed by atoms with van der Waals surface area (Å²) in [5.41, 5.74) is 8.79. The van der Waals surface area contributed by atoms with Crippen molar-refractivity contribution < 1.29 is 4.74 Å². The van der Waals surface area contributed by atoms with Gasteiger partial charge in [-0.3, -0.25) is 0 Å². The average Bonchev–Trinajstić information content (AvgIpc) is 3.81. The molecule has 0 N–H and O–H groups in total. The monoisotopic (exact) mass is 704 g/mol. The number of benzene rings is 9. The highest BCUT2D eigenvalue weighted by Gasteiger charge is 2.33. The van der Waals surface area contributed by atoms with Crippen LogP contribution in [0.1, 0.15) is 23.5 Å². The first-order valence-corrected chi connectivity index (χ1v) is 19.6. The highest BCUT2D eigenvalue weighted by Crippen LogP contribution is 2.53. The Bertz CT molecular complexity index is 3220. The van der Waals surface area contributed by atoms with Crippen LogP contribution in [-0.4, -0.2) is 0 Å². The Labute approximate surface area is 316 Å². The molecule has 1 unspecified atom stereocenters. The SMILES string of the molecule is C1=C(c2cccc(-c3c4ccccc4c(-c4cccc5ccccc45)c4ccccc34)c2)C=C2Oc3c(ccc4ccc5c6ccccc6sc5c34)C2C1. The van der Waals surface area contributed by atoms with Crippen molar-refractivity contribution in [1.29, 1.82) is 0 Å². The molecule has 9 aromatic carbocycles. The van der Waals surface area contributed by atoms with Crippen molar-refractivity contribution in [2.75, 3.05) is 0 Å². The second kappa shape index (κ2) is 11.5. The van der Waals surface area contributed by atoms with Crippen LogP contribution in [0.2, 0.25) is 0 Å². The van der Waals surface area contributed by atoms with Gasteiger partial charge in [-0.2, -0.15) is 0 Å². The van der Waals surface area contributed by atoms with E-state index in [9.17, 15) is 0 Å². The van der Waals surface area contributed by atoms with Crippen LogP contribution in [0.5, 0.6) is 5.75 Å². The second-order valence-corrected chi connectivity index (χ2v) is 15.7. The molecule has 252 valence electrons. The minimum Gasteiger partial charge on any atom is -0.460 e. The summed E-state index contributed by atoms with van der Waals surface area (Å²) in [4.78, 5) is 0. The fourth-order valence-corrected chi connectivity index (χ4v) is 10.6. The molecule has 1 aliphatic carbocycles. The largest absolute Gasteiger partial charge is 0.460 e. The molecule has 2 aliphatic rings. The lowest BCUT2D eigenvalue weighted by atomic mass is 9.83. The molecule has 0 amide bonds. The Balaban J connectivity index is 0.988. The number of fused-ring (bicyclic) bond motifs is 12. The maximum atomic E-state index is 6.92. The minimum atomic E-state index is 0.232. The topological polar surface area (TPSA) is 9.23 Å². The summed E-state index contributed by atoms with van der Waals surface area (Å²) in [6, 6.07) is 60.3. The maximum absolute atomic E-state index is 6.92. The summed E-state index contributed by atoms with van der Waals surface area (Å²) < 4.78 is 9.56. The van der Waals surface area contributed by atoms with Crippen LogP contribution in [0.25, 0.3) is 91.1 Å². The van der Waals surface area contributed by atoms with Crippen molar-refractivity contribution in [1.82, 2.24) is 0 Å². The molecule has 2 heteroatoms. The molecular formula is C52H32OS. The van der Waals surface area contributed by atoms with E-state index in [4.69, 9.17) is 4.74 Å². The van der Waals surface area contributed by atoms with Gasteiger partial charge in [0.2, 0.25) is 0 Å². The molecule has 0 saturated heterocycles. The zero-order chi connectivity index (χ0) is 35.3. The third-order valence-corrected chi connectivity index (χ3v) is 13.0. The van der Waals surface area contributed by atoms with Crippen LogP contribution in [0.4, 0.5) is 0 Å². The van der Waals surface area contributed by atoms with Crippen LogP contribution >= 0.6 is 11.3 Å². The van der Waals surface area contributed by atoms with E-state index < -0.39 is 0 Å². The summed E-state index contributed by atoms with van der Waals surface area (Å²) in [7, 11) is 0. The second-order valence-electron chi connectivity index (χ2n) is 14.7. The molecule has 0 saturated carbocycles. The first kappa shape index (κ1) is 30.0. The fraction of sp³-hybridized carbons (Fsp3) is 0.0385. The van der Waals surface area contributed by atoms with E-state index in [1.165, 1.54) is 102 Å². The van der Waals surface area contributed by atoms with E-state index in [0.717, 1.165) is 17.9 Å². The van der Waals surface area contributed by atoms with Crippen LogP contribution in [-0.2, 0) is 0 Å². The van der Waals surface area contributed by atoms with E-state index in [0.29, 0.717) is 0 Å². The molecule has 1 aromatic heterocycles. The van der Waals surface area contributed by atoms with E-state index in [2.05, 4.69) is 176 Å². The third kappa shape index (κ3) is 4.32. The summed E-state index contributed by atoms with van der Waals surface area (Å²) in [6.07, 6.45) is 5.62. The summed E-state index contributed by atoms with van der Waals surface area (Å²) >= 11 is 1.88. The average molecular weight is 705 g/mol. The van der Waals surface area contributed by atoms with Crippen molar-refractivity contribution in [3.8, 4) is 28.0 Å². The third-order valence-electron chi connectivity index (χ3n) is 11.8. The number of thiophene rings is 1. The fourth-order valence-electron chi connectivity index (χ4n) is 9.36. The van der Waals surface area contributed by atoms with Gasteiger partial charge in [0.25, 0.3) is 0 Å². The standard InChI is InChI=1S/C52H32OS/c1-2-15-36-31(11-1)12-10-21-39(36)50-42-19-5-3-17-40(42)48(41-18-4-6-20-43(41)50)35-14-9-13-33(29-35)34-25-26-37-44-27-23-32-24-28-45-38-16-7-8-22-47(38)54-52(45)49(32)51(44)53-46(37)30-34/h1-25,27-30,37H,26H2. The minimum absolute atomic E-state index is 0.232. The van der Waals surface area contributed by atoms with Crippen LogP contribution in [0, 0.1) is 0 Å². The molecule has 10 aromatic rings. The highest BCUT2D eigenvalue weighted by atomic mass is 32.1. The Kier molecular flexibility index (Phi) is 6.40. The molecule has 12 rings (SSSR count). The van der Waals surface area contributed by atoms with E-state index in [1.807, 2.05) is 11.3 Å². The molecule has 1 aliphatic heterocycles. The molecule has 0 spiro atoms. The smallest absolute Gasteiger partial charge is 0.140 e. The van der Waals surface area contributed by atoms with E-state index >= 15 is 0 Å². The van der Waals surface area contributed by atoms with Crippen molar-refractivity contribution in [2.45, 2.75) is 12.3 Å². The van der Waals surface area contributed by atoms with E-state index in [-0.39, 0.29) is 5.92 Å². The zero-order valence-corrected chi connectivity index (χ0v) is 30.2. The number of rotatable bonds is 3. The van der Waals surface area contributed by atoms with Gasteiger partial charge in [0.05, 0.1) is 0 Å². The van der Waals surface area contributed by atoms with Crippen molar-refractivity contribution in [2.24, 2.45) is 0 Å². The Morgan fingerprint density at radius 2 is 1.15 bits per heavy atom. The van der Waals surface area contributed by atoms with Crippen molar-refractivity contribution in [3.63, 3.8) is 0 Å².